The van der Waals surface area contributed by atoms with Gasteiger partial charge in [0, 0.05) is 0 Å². The second kappa shape index (κ2) is 21.7. The van der Waals surface area contributed by atoms with Crippen LogP contribution in [0.15, 0.2) is 34.9 Å². The molecule has 18 heteroatoms. The first kappa shape index (κ1) is 47.2. The normalized spacial score (nSPS) is 44.1. The molecule has 18 nitrogen and oxygen atoms in total. The van der Waals surface area contributed by atoms with E-state index in [9.17, 15) is 51.1 Å². The van der Waals surface area contributed by atoms with E-state index in [0.29, 0.717) is 0 Å². The molecule has 4 aliphatic heterocycles. The molecule has 0 aliphatic carbocycles. The number of aliphatic hydroxyl groups is 10. The highest BCUT2D eigenvalue weighted by atomic mass is 16.8. The fraction of sp³-hybridized carbons (Fsp3) is 0.842. The Morgan fingerprint density at radius 3 is 1.70 bits per heavy atom. The molecule has 4 fully saturated rings. The van der Waals surface area contributed by atoms with Crippen LogP contribution in [0.25, 0.3) is 0 Å². The van der Waals surface area contributed by atoms with Gasteiger partial charge in [-0.15, -0.1) is 0 Å². The summed E-state index contributed by atoms with van der Waals surface area (Å²) < 4.78 is 46.9. The largest absolute Gasteiger partial charge is 0.388 e. The summed E-state index contributed by atoms with van der Waals surface area (Å²) in [5, 5.41) is 106. The third-order valence-electron chi connectivity index (χ3n) is 10.5. The molecule has 0 amide bonds. The molecule has 0 aromatic heterocycles. The highest BCUT2D eigenvalue weighted by Crippen LogP contribution is 2.34. The third-order valence-corrected chi connectivity index (χ3v) is 10.5. The highest BCUT2D eigenvalue weighted by Gasteiger charge is 2.54. The number of hydrogen-bond acceptors (Lipinski definition) is 18. The molecular weight excluding hydrogens is 744 g/mol. The predicted octanol–water partition coefficient (Wildman–Crippen LogP) is -1.61. The van der Waals surface area contributed by atoms with E-state index < -0.39 is 130 Å². The first-order valence-corrected chi connectivity index (χ1v) is 19.3. The second-order valence-corrected chi connectivity index (χ2v) is 15.5. The molecule has 4 heterocycles. The van der Waals surface area contributed by atoms with Crippen LogP contribution in [0.1, 0.15) is 67.2 Å². The summed E-state index contributed by atoms with van der Waals surface area (Å²) in [4.78, 5) is 0. The Morgan fingerprint density at radius 1 is 0.536 bits per heavy atom. The van der Waals surface area contributed by atoms with Gasteiger partial charge >= 0.3 is 0 Å². The molecule has 0 saturated carbocycles. The SMILES string of the molecule is CC(C)=CCC/C(C)=C/CC/C(C)=C/CO[C@@H]1O[C@H](CO[C@@H]2O[C@@H](C)[C@H](O)[C@@H](O)[C@H]2O)[C@@H](O)[C@H](O[C@@H]2OC[C@H](O)[C@H](O)[C@H]2O)[C@H]1O[C@@H]1O[C@@H](C)[C@H](O)[C@@H](O)[C@H]1O. The highest BCUT2D eigenvalue weighted by molar-refractivity contribution is 5.06. The number of allylic oxidation sites excluding steroid dienone is 5. The molecule has 10 N–H and O–H groups in total. The predicted molar refractivity (Wildman–Crippen MR) is 194 cm³/mol. The van der Waals surface area contributed by atoms with Crippen molar-refractivity contribution in [3.8, 4) is 0 Å². The van der Waals surface area contributed by atoms with Crippen LogP contribution in [-0.2, 0) is 37.9 Å². The van der Waals surface area contributed by atoms with Gasteiger partial charge in [0.15, 0.2) is 25.2 Å². The minimum atomic E-state index is -1.80. The number of hydrogen-bond donors (Lipinski definition) is 10. The molecule has 0 aromatic rings. The van der Waals surface area contributed by atoms with Crippen molar-refractivity contribution in [3.63, 3.8) is 0 Å². The van der Waals surface area contributed by atoms with Gasteiger partial charge in [-0.1, -0.05) is 34.9 Å². The molecule has 0 radical (unpaired) electrons. The topological polar surface area (TPSA) is 276 Å². The van der Waals surface area contributed by atoms with Crippen LogP contribution in [0.4, 0.5) is 0 Å². The molecule has 0 spiro atoms. The van der Waals surface area contributed by atoms with Crippen molar-refractivity contribution in [2.75, 3.05) is 19.8 Å². The summed E-state index contributed by atoms with van der Waals surface area (Å²) in [6, 6.07) is 0. The summed E-state index contributed by atoms with van der Waals surface area (Å²) in [7, 11) is 0. The van der Waals surface area contributed by atoms with Crippen molar-refractivity contribution in [2.24, 2.45) is 0 Å². The average molecular weight is 809 g/mol. The molecule has 4 saturated heterocycles. The van der Waals surface area contributed by atoms with Gasteiger partial charge in [0.2, 0.25) is 0 Å². The lowest BCUT2D eigenvalue weighted by molar-refractivity contribution is -0.388. The van der Waals surface area contributed by atoms with Crippen LogP contribution >= 0.6 is 0 Å². The Bertz CT molecular complexity index is 1290. The summed E-state index contributed by atoms with van der Waals surface area (Å²) in [6.45, 7) is 10.1. The Labute approximate surface area is 327 Å². The lowest BCUT2D eigenvalue weighted by Crippen LogP contribution is -2.66. The molecular formula is C38H64O18. The summed E-state index contributed by atoms with van der Waals surface area (Å²) in [6.07, 6.45) is -19.2. The monoisotopic (exact) mass is 808 g/mol. The molecule has 0 unspecified atom stereocenters. The zero-order valence-electron chi connectivity index (χ0n) is 32.9. The van der Waals surface area contributed by atoms with E-state index in [4.69, 9.17) is 37.9 Å². The maximum atomic E-state index is 11.8. The lowest BCUT2D eigenvalue weighted by Gasteiger charge is -2.48. The molecule has 324 valence electrons. The van der Waals surface area contributed by atoms with E-state index in [1.165, 1.54) is 25.0 Å². The Hall–Kier alpha value is -1.50. The van der Waals surface area contributed by atoms with Crippen molar-refractivity contribution in [2.45, 2.75) is 184 Å². The third kappa shape index (κ3) is 12.3. The minimum Gasteiger partial charge on any atom is -0.388 e. The molecule has 0 bridgehead atoms. The summed E-state index contributed by atoms with van der Waals surface area (Å²) in [5.74, 6) is 0. The zero-order valence-corrected chi connectivity index (χ0v) is 32.9. The molecule has 4 rings (SSSR count). The van der Waals surface area contributed by atoms with Gasteiger partial charge in [0.25, 0.3) is 0 Å². The van der Waals surface area contributed by atoms with E-state index in [0.717, 1.165) is 31.3 Å². The van der Waals surface area contributed by atoms with Gasteiger partial charge in [-0.05, 0) is 67.2 Å². The first-order chi connectivity index (χ1) is 26.4. The van der Waals surface area contributed by atoms with Crippen LogP contribution < -0.4 is 0 Å². The fourth-order valence-electron chi connectivity index (χ4n) is 6.76. The zero-order chi connectivity index (χ0) is 41.4. The Kier molecular flexibility index (Phi) is 18.3. The molecule has 4 aliphatic rings. The van der Waals surface area contributed by atoms with Gasteiger partial charge in [0.05, 0.1) is 32.0 Å². The van der Waals surface area contributed by atoms with Gasteiger partial charge in [0.1, 0.15) is 79.4 Å². The van der Waals surface area contributed by atoms with Gasteiger partial charge in [-0.25, -0.2) is 0 Å². The Balaban J connectivity index is 1.58. The Morgan fingerprint density at radius 2 is 1.07 bits per heavy atom. The van der Waals surface area contributed by atoms with Crippen molar-refractivity contribution in [3.05, 3.63) is 34.9 Å². The maximum Gasteiger partial charge on any atom is 0.187 e. The average Bonchev–Trinajstić information content (AvgIpc) is 3.15. The van der Waals surface area contributed by atoms with Gasteiger partial charge in [-0.3, -0.25) is 0 Å². The number of rotatable bonds is 16. The van der Waals surface area contributed by atoms with E-state index in [2.05, 4.69) is 32.9 Å². The minimum absolute atomic E-state index is 0.0542. The maximum absolute atomic E-state index is 11.8. The first-order valence-electron chi connectivity index (χ1n) is 19.3. The number of ether oxygens (including phenoxy) is 8. The van der Waals surface area contributed by atoms with Crippen LogP contribution in [0.5, 0.6) is 0 Å². The quantitative estimate of drug-likeness (QED) is 0.0786. The fourth-order valence-corrected chi connectivity index (χ4v) is 6.76. The second-order valence-electron chi connectivity index (χ2n) is 15.5. The van der Waals surface area contributed by atoms with Crippen molar-refractivity contribution in [1.82, 2.24) is 0 Å². The molecule has 56 heavy (non-hydrogen) atoms. The van der Waals surface area contributed by atoms with E-state index in [1.807, 2.05) is 13.0 Å². The summed E-state index contributed by atoms with van der Waals surface area (Å²) >= 11 is 0. The lowest BCUT2D eigenvalue weighted by atomic mass is 9.96. The van der Waals surface area contributed by atoms with E-state index in [1.54, 1.807) is 0 Å². The van der Waals surface area contributed by atoms with Gasteiger partial charge in [-0.2, -0.15) is 0 Å². The molecule has 0 aromatic carbocycles. The van der Waals surface area contributed by atoms with E-state index >= 15 is 0 Å². The smallest absolute Gasteiger partial charge is 0.187 e. The van der Waals surface area contributed by atoms with E-state index in [-0.39, 0.29) is 6.61 Å². The van der Waals surface area contributed by atoms with Crippen molar-refractivity contribution >= 4 is 0 Å². The summed E-state index contributed by atoms with van der Waals surface area (Å²) in [5.41, 5.74) is 3.54. The van der Waals surface area contributed by atoms with Gasteiger partial charge < -0.3 is 89.0 Å². The van der Waals surface area contributed by atoms with Crippen LogP contribution in [0.3, 0.4) is 0 Å². The standard InChI is InChI=1S/C38H64O18/c1-17(2)9-7-10-18(3)11-8-12-19(4)13-14-49-38-34(56-37-32(48)29(45)25(41)21(6)53-37)33(55-36-30(46)26(42)22(39)15-50-36)27(43)23(54-38)16-51-35-31(47)28(44)24(40)20(5)52-35/h9,11,13,20-48H,7-8,10,12,14-16H2,1-6H3/b18-11+,19-13+/t20-,21-,22-,23+,24-,25-,26-,27+,28+,29+,30+,31+,32+,33-,34+,35+,36-,37-,38+/m0/s1. The van der Waals surface area contributed by atoms with Crippen molar-refractivity contribution < 1.29 is 89.0 Å². The number of aliphatic hydroxyl groups excluding tert-OH is 10. The van der Waals surface area contributed by atoms with Crippen LogP contribution in [0, 0.1) is 0 Å². The van der Waals surface area contributed by atoms with Crippen molar-refractivity contribution in [1.29, 1.82) is 0 Å². The molecule has 19 atom stereocenters. The van der Waals surface area contributed by atoms with Crippen LogP contribution in [-0.4, -0.2) is 188 Å². The van der Waals surface area contributed by atoms with Crippen LogP contribution in [0.2, 0.25) is 0 Å².